The quantitative estimate of drug-likeness (QED) is 0.705. The van der Waals surface area contributed by atoms with Crippen molar-refractivity contribution in [3.05, 3.63) is 34.7 Å². The molecule has 20 heavy (non-hydrogen) atoms. The van der Waals surface area contributed by atoms with Crippen LogP contribution in [0.4, 0.5) is 0 Å². The van der Waals surface area contributed by atoms with Gasteiger partial charge in [0.15, 0.2) is 5.78 Å². The van der Waals surface area contributed by atoms with Crippen LogP contribution in [0.15, 0.2) is 24.3 Å². The maximum absolute atomic E-state index is 12.5. The highest BCUT2D eigenvalue weighted by atomic mass is 32.1. The maximum Gasteiger partial charge on any atom is 0.174 e. The van der Waals surface area contributed by atoms with Crippen LogP contribution in [-0.2, 0) is 6.42 Å². The summed E-state index contributed by atoms with van der Waals surface area (Å²) in [6.07, 6.45) is 3.94. The third-order valence-corrected chi connectivity index (χ3v) is 4.77. The molecule has 1 aromatic heterocycles. The molecule has 0 spiro atoms. The number of ketones is 1. The van der Waals surface area contributed by atoms with Gasteiger partial charge in [0.05, 0.1) is 4.88 Å². The molecule has 0 saturated heterocycles. The first kappa shape index (κ1) is 15.2. The van der Waals surface area contributed by atoms with E-state index in [4.69, 9.17) is 0 Å². The number of rotatable bonds is 7. The number of nitrogens with zero attached hydrogens (tertiary/aromatic N) is 1. The number of carbonyl (C=O) groups is 1. The van der Waals surface area contributed by atoms with Crippen LogP contribution in [0, 0.1) is 0 Å². The Kier molecular flexibility index (Phi) is 5.32. The number of hydrogen-bond donors (Lipinski definition) is 0. The Morgan fingerprint density at radius 2 is 2.00 bits per heavy atom. The molecule has 0 radical (unpaired) electrons. The Labute approximate surface area is 125 Å². The Morgan fingerprint density at radius 3 is 2.70 bits per heavy atom. The third kappa shape index (κ3) is 3.47. The lowest BCUT2D eigenvalue weighted by molar-refractivity contribution is 0.0975. The molecule has 2 nitrogen and oxygen atoms in total. The van der Waals surface area contributed by atoms with E-state index in [2.05, 4.69) is 36.1 Å². The van der Waals surface area contributed by atoms with E-state index in [-0.39, 0.29) is 0 Å². The number of fused-ring (bicyclic) bond motifs is 1. The molecule has 0 aliphatic heterocycles. The molecule has 3 heteroatoms. The van der Waals surface area contributed by atoms with Crippen molar-refractivity contribution in [3.63, 3.8) is 0 Å². The van der Waals surface area contributed by atoms with Gasteiger partial charge in [0.25, 0.3) is 0 Å². The predicted octanol–water partition coefficient (Wildman–Crippen LogP) is 4.38. The van der Waals surface area contributed by atoms with Crippen molar-refractivity contribution in [2.45, 2.75) is 32.6 Å². The summed E-state index contributed by atoms with van der Waals surface area (Å²) >= 11 is 1.67. The number of carbonyl (C=O) groups excluding carboxylic acids is 1. The molecule has 0 N–H and O–H groups in total. The minimum Gasteiger partial charge on any atom is -0.309 e. The zero-order valence-corrected chi connectivity index (χ0v) is 13.4. The summed E-state index contributed by atoms with van der Waals surface area (Å²) in [6, 6.07) is 8.40. The number of unbranched alkanes of at least 4 members (excludes halogenated alkanes) is 1. The SMILES string of the molecule is CCCCc1c(C(=O)CCN(C)C)sc2ccccc12. The first-order valence-electron chi connectivity index (χ1n) is 7.31. The highest BCUT2D eigenvalue weighted by Gasteiger charge is 2.17. The maximum atomic E-state index is 12.5. The van der Waals surface area contributed by atoms with Crippen LogP contribution >= 0.6 is 11.3 Å². The molecule has 0 amide bonds. The number of Topliss-reactive ketones (excluding diaryl/α,β-unsaturated/α-hetero) is 1. The Hall–Kier alpha value is -1.19. The summed E-state index contributed by atoms with van der Waals surface area (Å²) in [6.45, 7) is 3.02. The summed E-state index contributed by atoms with van der Waals surface area (Å²) in [5.74, 6) is 0.297. The third-order valence-electron chi connectivity index (χ3n) is 3.52. The fourth-order valence-corrected chi connectivity index (χ4v) is 3.58. The molecule has 0 aliphatic carbocycles. The van der Waals surface area contributed by atoms with E-state index < -0.39 is 0 Å². The van der Waals surface area contributed by atoms with E-state index in [0.29, 0.717) is 12.2 Å². The number of hydrogen-bond acceptors (Lipinski definition) is 3. The normalized spacial score (nSPS) is 11.4. The van der Waals surface area contributed by atoms with Gasteiger partial charge < -0.3 is 4.90 Å². The number of benzene rings is 1. The van der Waals surface area contributed by atoms with Gasteiger partial charge in [-0.15, -0.1) is 11.3 Å². The Bertz CT molecular complexity index is 586. The zero-order valence-electron chi connectivity index (χ0n) is 12.6. The van der Waals surface area contributed by atoms with Crippen molar-refractivity contribution >= 4 is 27.2 Å². The molecular weight excluding hydrogens is 266 g/mol. The van der Waals surface area contributed by atoms with Gasteiger partial charge in [0.2, 0.25) is 0 Å². The summed E-state index contributed by atoms with van der Waals surface area (Å²) in [4.78, 5) is 15.5. The van der Waals surface area contributed by atoms with Crippen LogP contribution in [0.1, 0.15) is 41.4 Å². The standard InChI is InChI=1S/C17H23NOS/c1-4-5-8-14-13-9-6-7-10-16(13)20-17(14)15(19)11-12-18(2)3/h6-7,9-10H,4-5,8,11-12H2,1-3H3. The minimum absolute atomic E-state index is 0.297. The van der Waals surface area contributed by atoms with Gasteiger partial charge in [-0.25, -0.2) is 0 Å². The second-order valence-corrected chi connectivity index (χ2v) is 6.54. The lowest BCUT2D eigenvalue weighted by Crippen LogP contribution is -2.16. The summed E-state index contributed by atoms with van der Waals surface area (Å²) in [7, 11) is 4.02. The minimum atomic E-state index is 0.297. The number of thiophene rings is 1. The topological polar surface area (TPSA) is 20.3 Å². The van der Waals surface area contributed by atoms with E-state index in [1.807, 2.05) is 14.1 Å². The van der Waals surface area contributed by atoms with Crippen LogP contribution < -0.4 is 0 Å². The molecule has 1 heterocycles. The summed E-state index contributed by atoms with van der Waals surface area (Å²) in [5, 5.41) is 1.28. The van der Waals surface area contributed by atoms with E-state index in [9.17, 15) is 4.79 Å². The van der Waals surface area contributed by atoms with Crippen molar-refractivity contribution in [3.8, 4) is 0 Å². The first-order valence-corrected chi connectivity index (χ1v) is 8.13. The van der Waals surface area contributed by atoms with Crippen molar-refractivity contribution < 1.29 is 4.79 Å². The van der Waals surface area contributed by atoms with Crippen molar-refractivity contribution in [2.75, 3.05) is 20.6 Å². The van der Waals surface area contributed by atoms with Gasteiger partial charge >= 0.3 is 0 Å². The Balaban J connectivity index is 2.32. The lowest BCUT2D eigenvalue weighted by Gasteiger charge is -2.08. The van der Waals surface area contributed by atoms with Crippen molar-refractivity contribution in [1.82, 2.24) is 4.90 Å². The van der Waals surface area contributed by atoms with Gasteiger partial charge in [-0.05, 0) is 44.0 Å². The molecule has 2 aromatic rings. The fraction of sp³-hybridized carbons (Fsp3) is 0.471. The molecule has 0 atom stereocenters. The monoisotopic (exact) mass is 289 g/mol. The largest absolute Gasteiger partial charge is 0.309 e. The molecule has 108 valence electrons. The van der Waals surface area contributed by atoms with Gasteiger partial charge in [-0.1, -0.05) is 31.5 Å². The van der Waals surface area contributed by atoms with Crippen LogP contribution in [-0.4, -0.2) is 31.3 Å². The molecule has 0 saturated carbocycles. The first-order chi connectivity index (χ1) is 9.63. The highest BCUT2D eigenvalue weighted by molar-refractivity contribution is 7.21. The van der Waals surface area contributed by atoms with Crippen LogP contribution in [0.2, 0.25) is 0 Å². The second-order valence-electron chi connectivity index (χ2n) is 5.49. The fourth-order valence-electron chi connectivity index (χ4n) is 2.36. The average Bonchev–Trinajstić information content (AvgIpc) is 2.81. The van der Waals surface area contributed by atoms with Gasteiger partial charge in [0, 0.05) is 17.7 Å². The lowest BCUT2D eigenvalue weighted by atomic mass is 10.0. The second kappa shape index (κ2) is 7.00. The van der Waals surface area contributed by atoms with Crippen molar-refractivity contribution in [1.29, 1.82) is 0 Å². The molecular formula is C17H23NOS. The highest BCUT2D eigenvalue weighted by Crippen LogP contribution is 2.33. The average molecular weight is 289 g/mol. The summed E-state index contributed by atoms with van der Waals surface area (Å²) < 4.78 is 1.24. The molecule has 0 fully saturated rings. The molecule has 0 bridgehead atoms. The van der Waals surface area contributed by atoms with E-state index in [1.165, 1.54) is 15.6 Å². The van der Waals surface area contributed by atoms with E-state index in [1.54, 1.807) is 11.3 Å². The smallest absolute Gasteiger partial charge is 0.174 e. The molecule has 0 aliphatic rings. The zero-order chi connectivity index (χ0) is 14.5. The predicted molar refractivity (Wildman–Crippen MR) is 87.9 cm³/mol. The van der Waals surface area contributed by atoms with Gasteiger partial charge in [0.1, 0.15) is 0 Å². The van der Waals surface area contributed by atoms with Crippen molar-refractivity contribution in [2.24, 2.45) is 0 Å². The molecule has 2 rings (SSSR count). The van der Waals surface area contributed by atoms with Crippen LogP contribution in [0.3, 0.4) is 0 Å². The molecule has 1 aromatic carbocycles. The van der Waals surface area contributed by atoms with Gasteiger partial charge in [-0.2, -0.15) is 0 Å². The summed E-state index contributed by atoms with van der Waals surface area (Å²) in [5.41, 5.74) is 1.27. The van der Waals surface area contributed by atoms with Crippen LogP contribution in [0.25, 0.3) is 10.1 Å². The molecule has 0 unspecified atom stereocenters. The number of aryl methyl sites for hydroxylation is 1. The van der Waals surface area contributed by atoms with Gasteiger partial charge in [-0.3, -0.25) is 4.79 Å². The van der Waals surface area contributed by atoms with Crippen LogP contribution in [0.5, 0.6) is 0 Å². The van der Waals surface area contributed by atoms with E-state index in [0.717, 1.165) is 30.7 Å². The Morgan fingerprint density at radius 1 is 1.25 bits per heavy atom. The van der Waals surface area contributed by atoms with E-state index >= 15 is 0 Å².